The molecule has 0 amide bonds. The van der Waals surface area contributed by atoms with Crippen LogP contribution in [0.15, 0.2) is 28.7 Å². The van der Waals surface area contributed by atoms with Gasteiger partial charge in [-0.05, 0) is 18.2 Å². The van der Waals surface area contributed by atoms with Crippen LogP contribution in [0, 0.1) is 0 Å². The van der Waals surface area contributed by atoms with Crippen LogP contribution < -0.4 is 10.7 Å². The third-order valence-electron chi connectivity index (χ3n) is 2.49. The Balaban J connectivity index is 2.08. The molecule has 0 atom stereocenters. The number of hydrogen-bond acceptors (Lipinski definition) is 3. The molecule has 76 valence electrons. The van der Waals surface area contributed by atoms with Crippen LogP contribution in [0.5, 0.6) is 0 Å². The number of nitrogens with zero attached hydrogens (tertiary/aromatic N) is 2. The van der Waals surface area contributed by atoms with E-state index in [2.05, 4.69) is 39.0 Å². The standard InChI is InChI=1S/C10H14BrN3/c11-9-2-1-3-10(8-9)13-4-6-14(12)7-5-13/h1-3,8H,4-7,12H2. The van der Waals surface area contributed by atoms with Gasteiger partial charge in [0.25, 0.3) is 0 Å². The highest BCUT2D eigenvalue weighted by Gasteiger charge is 2.14. The van der Waals surface area contributed by atoms with E-state index in [1.165, 1.54) is 5.69 Å². The topological polar surface area (TPSA) is 32.5 Å². The lowest BCUT2D eigenvalue weighted by molar-refractivity contribution is 0.266. The third-order valence-corrected chi connectivity index (χ3v) is 2.98. The first-order valence-electron chi connectivity index (χ1n) is 4.76. The molecular formula is C10H14BrN3. The summed E-state index contributed by atoms with van der Waals surface area (Å²) in [4.78, 5) is 2.36. The lowest BCUT2D eigenvalue weighted by atomic mass is 10.2. The normalized spacial score (nSPS) is 18.6. The molecule has 0 spiro atoms. The first-order valence-corrected chi connectivity index (χ1v) is 5.55. The van der Waals surface area contributed by atoms with Crippen LogP contribution in [0.4, 0.5) is 5.69 Å². The summed E-state index contributed by atoms with van der Waals surface area (Å²) in [6.07, 6.45) is 0. The molecule has 0 saturated carbocycles. The molecule has 0 aromatic heterocycles. The highest BCUT2D eigenvalue weighted by Crippen LogP contribution is 2.20. The van der Waals surface area contributed by atoms with Gasteiger partial charge < -0.3 is 4.90 Å². The van der Waals surface area contributed by atoms with E-state index in [1.54, 1.807) is 0 Å². The van der Waals surface area contributed by atoms with Crippen molar-refractivity contribution in [2.75, 3.05) is 31.1 Å². The van der Waals surface area contributed by atoms with Crippen LogP contribution in [0.3, 0.4) is 0 Å². The summed E-state index contributed by atoms with van der Waals surface area (Å²) in [5.41, 5.74) is 1.27. The molecule has 2 N–H and O–H groups in total. The summed E-state index contributed by atoms with van der Waals surface area (Å²) >= 11 is 3.48. The summed E-state index contributed by atoms with van der Waals surface area (Å²) in [6, 6.07) is 8.39. The van der Waals surface area contributed by atoms with Crippen LogP contribution in [0.1, 0.15) is 0 Å². The minimum atomic E-state index is 0.937. The van der Waals surface area contributed by atoms with E-state index in [1.807, 2.05) is 11.1 Å². The lowest BCUT2D eigenvalue weighted by Crippen LogP contribution is -2.49. The zero-order valence-corrected chi connectivity index (χ0v) is 9.57. The van der Waals surface area contributed by atoms with Crippen LogP contribution in [-0.4, -0.2) is 31.2 Å². The second kappa shape index (κ2) is 4.29. The summed E-state index contributed by atoms with van der Waals surface area (Å²) in [6.45, 7) is 3.89. The number of anilines is 1. The van der Waals surface area contributed by atoms with Gasteiger partial charge in [-0.1, -0.05) is 22.0 Å². The van der Waals surface area contributed by atoms with Gasteiger partial charge in [-0.3, -0.25) is 5.84 Å². The first kappa shape index (κ1) is 9.96. The van der Waals surface area contributed by atoms with Crippen molar-refractivity contribution in [3.05, 3.63) is 28.7 Å². The number of rotatable bonds is 1. The van der Waals surface area contributed by atoms with E-state index in [-0.39, 0.29) is 0 Å². The van der Waals surface area contributed by atoms with Crippen LogP contribution >= 0.6 is 15.9 Å². The fourth-order valence-corrected chi connectivity index (χ4v) is 2.04. The van der Waals surface area contributed by atoms with E-state index < -0.39 is 0 Å². The van der Waals surface area contributed by atoms with Gasteiger partial charge in [-0.2, -0.15) is 0 Å². The summed E-state index contributed by atoms with van der Waals surface area (Å²) in [5.74, 6) is 5.70. The fraction of sp³-hybridized carbons (Fsp3) is 0.400. The molecule has 1 heterocycles. The van der Waals surface area contributed by atoms with Gasteiger partial charge >= 0.3 is 0 Å². The van der Waals surface area contributed by atoms with E-state index in [0.29, 0.717) is 0 Å². The molecule has 0 bridgehead atoms. The average molecular weight is 256 g/mol. The van der Waals surface area contributed by atoms with Crippen molar-refractivity contribution < 1.29 is 0 Å². The van der Waals surface area contributed by atoms with Gasteiger partial charge in [0.15, 0.2) is 0 Å². The third kappa shape index (κ3) is 2.26. The number of hydrazine groups is 1. The average Bonchev–Trinajstić information content (AvgIpc) is 2.19. The predicted octanol–water partition coefficient (Wildman–Crippen LogP) is 1.44. The van der Waals surface area contributed by atoms with Gasteiger partial charge in [-0.15, -0.1) is 0 Å². The van der Waals surface area contributed by atoms with Gasteiger partial charge in [0, 0.05) is 36.3 Å². The Labute approximate surface area is 92.6 Å². The molecule has 4 heteroatoms. The second-order valence-electron chi connectivity index (χ2n) is 3.50. The van der Waals surface area contributed by atoms with E-state index in [0.717, 1.165) is 30.7 Å². The van der Waals surface area contributed by atoms with Crippen LogP contribution in [0.25, 0.3) is 0 Å². The molecule has 3 nitrogen and oxygen atoms in total. The SMILES string of the molecule is NN1CCN(c2cccc(Br)c2)CC1. The minimum Gasteiger partial charge on any atom is -0.369 e. The van der Waals surface area contributed by atoms with Gasteiger partial charge in [0.05, 0.1) is 0 Å². The Morgan fingerprint density at radius 1 is 1.14 bits per heavy atom. The van der Waals surface area contributed by atoms with Crippen molar-refractivity contribution >= 4 is 21.6 Å². The molecule has 1 aromatic carbocycles. The molecule has 1 aromatic rings. The van der Waals surface area contributed by atoms with Crippen molar-refractivity contribution in [2.45, 2.75) is 0 Å². The molecule has 1 aliphatic rings. The highest BCUT2D eigenvalue weighted by molar-refractivity contribution is 9.10. The number of hydrogen-bond donors (Lipinski definition) is 1. The zero-order chi connectivity index (χ0) is 9.97. The maximum atomic E-state index is 5.70. The fourth-order valence-electron chi connectivity index (χ4n) is 1.65. The first-order chi connectivity index (χ1) is 6.75. The predicted molar refractivity (Wildman–Crippen MR) is 62.1 cm³/mol. The van der Waals surface area contributed by atoms with Crippen molar-refractivity contribution in [2.24, 2.45) is 5.84 Å². The van der Waals surface area contributed by atoms with Gasteiger partial charge in [0.2, 0.25) is 0 Å². The smallest absolute Gasteiger partial charge is 0.0378 e. The quantitative estimate of drug-likeness (QED) is 0.772. The summed E-state index contributed by atoms with van der Waals surface area (Å²) in [7, 11) is 0. The lowest BCUT2D eigenvalue weighted by Gasteiger charge is -2.33. The Morgan fingerprint density at radius 3 is 2.50 bits per heavy atom. The van der Waals surface area contributed by atoms with Crippen LogP contribution in [0.2, 0.25) is 0 Å². The number of benzene rings is 1. The Bertz CT molecular complexity index is 308. The van der Waals surface area contributed by atoms with Crippen molar-refractivity contribution in [1.29, 1.82) is 0 Å². The maximum absolute atomic E-state index is 5.70. The molecule has 1 aliphatic heterocycles. The van der Waals surface area contributed by atoms with Crippen molar-refractivity contribution in [3.63, 3.8) is 0 Å². The molecule has 0 radical (unpaired) electrons. The van der Waals surface area contributed by atoms with Crippen LogP contribution in [-0.2, 0) is 0 Å². The zero-order valence-electron chi connectivity index (χ0n) is 7.99. The highest BCUT2D eigenvalue weighted by atomic mass is 79.9. The van der Waals surface area contributed by atoms with Gasteiger partial charge in [0.1, 0.15) is 0 Å². The second-order valence-corrected chi connectivity index (χ2v) is 4.42. The number of halogens is 1. The molecule has 0 aliphatic carbocycles. The maximum Gasteiger partial charge on any atom is 0.0378 e. The number of piperazine rings is 1. The number of nitrogens with two attached hydrogens (primary N) is 1. The molecule has 14 heavy (non-hydrogen) atoms. The molecule has 2 rings (SSSR count). The van der Waals surface area contributed by atoms with Crippen molar-refractivity contribution in [3.8, 4) is 0 Å². The molecule has 0 unspecified atom stereocenters. The molecule has 1 saturated heterocycles. The minimum absolute atomic E-state index is 0.937. The molecular weight excluding hydrogens is 242 g/mol. The summed E-state index contributed by atoms with van der Waals surface area (Å²) in [5, 5.41) is 1.87. The Kier molecular flexibility index (Phi) is 3.05. The van der Waals surface area contributed by atoms with E-state index in [9.17, 15) is 0 Å². The van der Waals surface area contributed by atoms with E-state index >= 15 is 0 Å². The van der Waals surface area contributed by atoms with Crippen molar-refractivity contribution in [1.82, 2.24) is 5.01 Å². The van der Waals surface area contributed by atoms with E-state index in [4.69, 9.17) is 5.84 Å². The summed E-state index contributed by atoms with van der Waals surface area (Å²) < 4.78 is 1.13. The Hall–Kier alpha value is -0.580. The monoisotopic (exact) mass is 255 g/mol. The van der Waals surface area contributed by atoms with Gasteiger partial charge in [-0.25, -0.2) is 5.01 Å². The Morgan fingerprint density at radius 2 is 1.86 bits per heavy atom. The largest absolute Gasteiger partial charge is 0.369 e. The molecule has 1 fully saturated rings.